The molecular formula is C13H23N3O. The molecule has 1 heterocycles. The van der Waals surface area contributed by atoms with Gasteiger partial charge in [0.2, 0.25) is 0 Å². The first-order valence-electron chi connectivity index (χ1n) is 6.05. The molecule has 0 unspecified atom stereocenters. The molecule has 17 heavy (non-hydrogen) atoms. The van der Waals surface area contributed by atoms with Gasteiger partial charge in [-0.25, -0.2) is 4.98 Å². The molecule has 0 radical (unpaired) electrons. The normalized spacial score (nSPS) is 11.2. The second-order valence-corrected chi connectivity index (χ2v) is 4.42. The van der Waals surface area contributed by atoms with Crippen molar-refractivity contribution in [2.45, 2.75) is 26.5 Å². The van der Waals surface area contributed by atoms with Crippen LogP contribution in [0.5, 0.6) is 0 Å². The molecule has 0 amide bonds. The van der Waals surface area contributed by atoms with Gasteiger partial charge in [-0.05, 0) is 33.0 Å². The van der Waals surface area contributed by atoms with Crippen molar-refractivity contribution < 1.29 is 4.74 Å². The molecule has 0 fully saturated rings. The average molecular weight is 237 g/mol. The van der Waals surface area contributed by atoms with Gasteiger partial charge >= 0.3 is 0 Å². The smallest absolute Gasteiger partial charge is 0.126 e. The van der Waals surface area contributed by atoms with Gasteiger partial charge in [0.25, 0.3) is 0 Å². The minimum atomic E-state index is 0.300. The van der Waals surface area contributed by atoms with E-state index in [9.17, 15) is 0 Å². The largest absolute Gasteiger partial charge is 0.377 e. The van der Waals surface area contributed by atoms with E-state index >= 15 is 0 Å². The second-order valence-electron chi connectivity index (χ2n) is 4.42. The Morgan fingerprint density at radius 3 is 2.82 bits per heavy atom. The Hall–Kier alpha value is -1.13. The summed E-state index contributed by atoms with van der Waals surface area (Å²) >= 11 is 0. The number of pyridine rings is 1. The molecule has 0 saturated carbocycles. The van der Waals surface area contributed by atoms with Crippen molar-refractivity contribution >= 4 is 5.82 Å². The molecule has 1 aromatic heterocycles. The molecule has 0 aliphatic rings. The fourth-order valence-corrected chi connectivity index (χ4v) is 1.51. The van der Waals surface area contributed by atoms with Gasteiger partial charge in [0.15, 0.2) is 0 Å². The number of anilines is 1. The van der Waals surface area contributed by atoms with Crippen molar-refractivity contribution in [3.63, 3.8) is 0 Å². The molecule has 0 atom stereocenters. The van der Waals surface area contributed by atoms with Crippen LogP contribution < -0.4 is 5.32 Å². The maximum Gasteiger partial charge on any atom is 0.126 e. The van der Waals surface area contributed by atoms with Crippen molar-refractivity contribution in [1.82, 2.24) is 9.88 Å². The molecule has 0 aliphatic carbocycles. The van der Waals surface area contributed by atoms with Crippen LogP contribution >= 0.6 is 0 Å². The number of aromatic nitrogens is 1. The molecule has 4 heteroatoms. The van der Waals surface area contributed by atoms with Crippen LogP contribution in [-0.4, -0.2) is 43.2 Å². The number of hydrogen-bond donors (Lipinski definition) is 1. The van der Waals surface area contributed by atoms with Crippen LogP contribution in [0.25, 0.3) is 0 Å². The summed E-state index contributed by atoms with van der Waals surface area (Å²) in [5, 5.41) is 3.04. The summed E-state index contributed by atoms with van der Waals surface area (Å²) < 4.78 is 5.52. The second kappa shape index (κ2) is 7.25. The predicted octanol–water partition coefficient (Wildman–Crippen LogP) is 1.98. The Morgan fingerprint density at radius 2 is 2.18 bits per heavy atom. The molecule has 96 valence electrons. The van der Waals surface area contributed by atoms with Crippen LogP contribution in [0.15, 0.2) is 18.2 Å². The van der Waals surface area contributed by atoms with Crippen molar-refractivity contribution in [3.05, 3.63) is 23.9 Å². The topological polar surface area (TPSA) is 37.4 Å². The van der Waals surface area contributed by atoms with Gasteiger partial charge in [0, 0.05) is 20.1 Å². The molecule has 0 spiro atoms. The summed E-state index contributed by atoms with van der Waals surface area (Å²) in [7, 11) is 3.96. The zero-order chi connectivity index (χ0) is 12.7. The summed E-state index contributed by atoms with van der Waals surface area (Å²) in [4.78, 5) is 6.69. The van der Waals surface area contributed by atoms with E-state index in [1.54, 1.807) is 0 Å². The van der Waals surface area contributed by atoms with E-state index in [1.165, 1.54) is 0 Å². The third kappa shape index (κ3) is 5.65. The maximum atomic E-state index is 5.52. The van der Waals surface area contributed by atoms with Gasteiger partial charge in [-0.2, -0.15) is 0 Å². The minimum Gasteiger partial charge on any atom is -0.377 e. The third-order valence-electron chi connectivity index (χ3n) is 2.42. The highest BCUT2D eigenvalue weighted by Crippen LogP contribution is 2.05. The fraction of sp³-hybridized carbons (Fsp3) is 0.615. The lowest BCUT2D eigenvalue weighted by Crippen LogP contribution is -2.24. The third-order valence-corrected chi connectivity index (χ3v) is 2.42. The lowest BCUT2D eigenvalue weighted by Gasteiger charge is -2.17. The Labute approximate surface area is 104 Å². The van der Waals surface area contributed by atoms with Gasteiger partial charge in [0.05, 0.1) is 18.4 Å². The zero-order valence-corrected chi connectivity index (χ0v) is 11.2. The summed E-state index contributed by atoms with van der Waals surface area (Å²) in [5.41, 5.74) is 1.07. The number of nitrogens with one attached hydrogen (secondary N) is 1. The number of ether oxygens (including phenoxy) is 1. The summed E-state index contributed by atoms with van der Waals surface area (Å²) in [5.74, 6) is 0.911. The van der Waals surface area contributed by atoms with E-state index in [0.29, 0.717) is 6.10 Å². The van der Waals surface area contributed by atoms with Crippen LogP contribution in [0.3, 0.4) is 0 Å². The molecule has 0 aromatic carbocycles. The van der Waals surface area contributed by atoms with E-state index in [2.05, 4.69) is 36.1 Å². The van der Waals surface area contributed by atoms with Gasteiger partial charge < -0.3 is 10.1 Å². The molecule has 1 aromatic rings. The molecule has 4 nitrogen and oxygen atoms in total. The number of rotatable bonds is 7. The molecule has 1 N–H and O–H groups in total. The lowest BCUT2D eigenvalue weighted by atomic mass is 10.3. The van der Waals surface area contributed by atoms with E-state index in [-0.39, 0.29) is 0 Å². The average Bonchev–Trinajstić information content (AvgIpc) is 2.28. The van der Waals surface area contributed by atoms with Gasteiger partial charge in [-0.1, -0.05) is 6.07 Å². The van der Waals surface area contributed by atoms with E-state index in [1.807, 2.05) is 25.2 Å². The van der Waals surface area contributed by atoms with Crippen LogP contribution in [0, 0.1) is 0 Å². The van der Waals surface area contributed by atoms with Crippen molar-refractivity contribution in [1.29, 1.82) is 0 Å². The maximum absolute atomic E-state index is 5.52. The Kier molecular flexibility index (Phi) is 5.94. The van der Waals surface area contributed by atoms with E-state index < -0.39 is 0 Å². The van der Waals surface area contributed by atoms with Crippen molar-refractivity contribution in [3.8, 4) is 0 Å². The predicted molar refractivity (Wildman–Crippen MR) is 71.2 cm³/mol. The Balaban J connectivity index is 2.36. The summed E-state index contributed by atoms with van der Waals surface area (Å²) in [6.07, 6.45) is 0.300. The van der Waals surface area contributed by atoms with Gasteiger partial charge in [0.1, 0.15) is 5.82 Å². The molecule has 1 rings (SSSR count). The lowest BCUT2D eigenvalue weighted by molar-refractivity contribution is 0.0625. The summed E-state index contributed by atoms with van der Waals surface area (Å²) in [6.45, 7) is 6.64. The molecule has 0 saturated heterocycles. The van der Waals surface area contributed by atoms with E-state index in [0.717, 1.165) is 31.2 Å². The molecule has 0 aliphatic heterocycles. The quantitative estimate of drug-likeness (QED) is 0.787. The Bertz CT molecular complexity index is 328. The highest BCUT2D eigenvalue weighted by Gasteiger charge is 2.03. The minimum absolute atomic E-state index is 0.300. The first-order valence-corrected chi connectivity index (χ1v) is 6.05. The SMILES string of the molecule is CNc1cccc(CN(C)CCOC(C)C)n1. The monoisotopic (exact) mass is 237 g/mol. The first-order chi connectivity index (χ1) is 8.11. The number of likely N-dealkylation sites (N-methyl/N-ethyl adjacent to an activating group) is 1. The van der Waals surface area contributed by atoms with Crippen molar-refractivity contribution in [2.75, 3.05) is 32.6 Å². The molecular weight excluding hydrogens is 214 g/mol. The van der Waals surface area contributed by atoms with Crippen LogP contribution in [0.1, 0.15) is 19.5 Å². The van der Waals surface area contributed by atoms with Gasteiger partial charge in [-0.15, -0.1) is 0 Å². The van der Waals surface area contributed by atoms with Crippen LogP contribution in [-0.2, 0) is 11.3 Å². The highest BCUT2D eigenvalue weighted by atomic mass is 16.5. The number of hydrogen-bond acceptors (Lipinski definition) is 4. The van der Waals surface area contributed by atoms with Crippen LogP contribution in [0.4, 0.5) is 5.82 Å². The number of nitrogens with zero attached hydrogens (tertiary/aromatic N) is 2. The summed E-state index contributed by atoms with van der Waals surface area (Å²) in [6, 6.07) is 6.03. The van der Waals surface area contributed by atoms with Gasteiger partial charge in [-0.3, -0.25) is 4.90 Å². The first kappa shape index (κ1) is 13.9. The fourth-order valence-electron chi connectivity index (χ4n) is 1.51. The standard InChI is InChI=1S/C13H23N3O/c1-11(2)17-9-8-16(4)10-12-6-5-7-13(14-3)15-12/h5-7,11H,8-10H2,1-4H3,(H,14,15). The van der Waals surface area contributed by atoms with E-state index in [4.69, 9.17) is 4.74 Å². The van der Waals surface area contributed by atoms with Crippen molar-refractivity contribution in [2.24, 2.45) is 0 Å². The highest BCUT2D eigenvalue weighted by molar-refractivity contribution is 5.34. The van der Waals surface area contributed by atoms with Crippen LogP contribution in [0.2, 0.25) is 0 Å². The Morgan fingerprint density at radius 1 is 1.41 bits per heavy atom. The molecule has 0 bridgehead atoms. The zero-order valence-electron chi connectivity index (χ0n) is 11.2.